The summed E-state index contributed by atoms with van der Waals surface area (Å²) < 4.78 is 5.77. The number of rotatable bonds is 4. The maximum absolute atomic E-state index is 11.7. The minimum atomic E-state index is 0.166. The normalized spacial score (nSPS) is 10.3. The van der Waals surface area contributed by atoms with Crippen LogP contribution in [0.4, 0.5) is 0 Å². The molecule has 0 saturated carbocycles. The number of carbonyl (C=O) groups is 1. The minimum Gasteiger partial charge on any atom is -0.457 e. The van der Waals surface area contributed by atoms with Gasteiger partial charge in [-0.1, -0.05) is 24.6 Å². The molecule has 0 amide bonds. The fourth-order valence-corrected chi connectivity index (χ4v) is 1.95. The van der Waals surface area contributed by atoms with Crippen LogP contribution in [-0.4, -0.2) is 5.78 Å². The van der Waals surface area contributed by atoms with Gasteiger partial charge in [0, 0.05) is 12.0 Å². The van der Waals surface area contributed by atoms with Crippen molar-refractivity contribution in [3.63, 3.8) is 0 Å². The smallest absolute Gasteiger partial charge is 0.162 e. The van der Waals surface area contributed by atoms with Gasteiger partial charge in [-0.2, -0.15) is 0 Å². The predicted octanol–water partition coefficient (Wildman–Crippen LogP) is 4.69. The summed E-state index contributed by atoms with van der Waals surface area (Å²) >= 11 is 0. The Morgan fingerprint density at radius 3 is 2.21 bits per heavy atom. The lowest BCUT2D eigenvalue weighted by atomic mass is 10.0. The maximum atomic E-state index is 11.7. The quantitative estimate of drug-likeness (QED) is 0.740. The van der Waals surface area contributed by atoms with Gasteiger partial charge in [0.2, 0.25) is 0 Å². The largest absolute Gasteiger partial charge is 0.457 e. The lowest BCUT2D eigenvalue weighted by Gasteiger charge is -2.09. The Labute approximate surface area is 114 Å². The van der Waals surface area contributed by atoms with Crippen molar-refractivity contribution in [3.05, 3.63) is 59.2 Å². The van der Waals surface area contributed by atoms with E-state index in [1.54, 1.807) is 0 Å². The summed E-state index contributed by atoms with van der Waals surface area (Å²) in [5.41, 5.74) is 2.93. The molecule has 19 heavy (non-hydrogen) atoms. The number of hydrogen-bond acceptors (Lipinski definition) is 2. The first-order chi connectivity index (χ1) is 9.10. The van der Waals surface area contributed by atoms with E-state index in [9.17, 15) is 4.79 Å². The molecule has 0 unspecified atom stereocenters. The van der Waals surface area contributed by atoms with Crippen LogP contribution in [0.2, 0.25) is 0 Å². The average Bonchev–Trinajstić information content (AvgIpc) is 2.41. The summed E-state index contributed by atoms with van der Waals surface area (Å²) in [6.45, 7) is 5.85. The SMILES string of the molecule is CCC(=O)c1ccc(Oc2ccc(C)cc2)cc1C. The second-order valence-corrected chi connectivity index (χ2v) is 4.67. The van der Waals surface area contributed by atoms with Crippen molar-refractivity contribution in [2.24, 2.45) is 0 Å². The number of hydrogen-bond donors (Lipinski definition) is 0. The summed E-state index contributed by atoms with van der Waals surface area (Å²) in [4.78, 5) is 11.7. The summed E-state index contributed by atoms with van der Waals surface area (Å²) in [6, 6.07) is 13.5. The van der Waals surface area contributed by atoms with Gasteiger partial charge in [0.1, 0.15) is 11.5 Å². The van der Waals surface area contributed by atoms with Crippen LogP contribution in [-0.2, 0) is 0 Å². The molecule has 0 saturated heterocycles. The van der Waals surface area contributed by atoms with Gasteiger partial charge in [0.05, 0.1) is 0 Å². The summed E-state index contributed by atoms with van der Waals surface area (Å²) in [7, 11) is 0. The Bertz CT molecular complexity index is 583. The van der Waals surface area contributed by atoms with Gasteiger partial charge in [-0.15, -0.1) is 0 Å². The zero-order chi connectivity index (χ0) is 13.8. The fourth-order valence-electron chi connectivity index (χ4n) is 1.95. The Hall–Kier alpha value is -2.09. The molecule has 0 aromatic heterocycles. The molecular formula is C17H18O2. The van der Waals surface area contributed by atoms with Crippen LogP contribution in [0.5, 0.6) is 11.5 Å². The number of Topliss-reactive ketones (excluding diaryl/α,β-unsaturated/α-hetero) is 1. The van der Waals surface area contributed by atoms with Crippen molar-refractivity contribution in [2.45, 2.75) is 27.2 Å². The zero-order valence-electron chi connectivity index (χ0n) is 11.6. The van der Waals surface area contributed by atoms with Crippen LogP contribution in [0.3, 0.4) is 0 Å². The molecule has 0 N–H and O–H groups in total. The van der Waals surface area contributed by atoms with Crippen molar-refractivity contribution in [1.29, 1.82) is 0 Å². The van der Waals surface area contributed by atoms with Crippen molar-refractivity contribution < 1.29 is 9.53 Å². The lowest BCUT2D eigenvalue weighted by Crippen LogP contribution is -1.99. The Morgan fingerprint density at radius 1 is 1.00 bits per heavy atom. The molecule has 98 valence electrons. The van der Waals surface area contributed by atoms with E-state index in [1.807, 2.05) is 63.2 Å². The molecule has 2 aromatic carbocycles. The third-order valence-electron chi connectivity index (χ3n) is 3.08. The molecule has 0 radical (unpaired) electrons. The molecule has 2 aromatic rings. The molecule has 0 fully saturated rings. The van der Waals surface area contributed by atoms with E-state index in [2.05, 4.69) is 0 Å². The van der Waals surface area contributed by atoms with Gasteiger partial charge in [-0.05, 0) is 49.7 Å². The van der Waals surface area contributed by atoms with Crippen LogP contribution in [0.15, 0.2) is 42.5 Å². The second kappa shape index (κ2) is 5.70. The molecule has 0 bridgehead atoms. The topological polar surface area (TPSA) is 26.3 Å². The average molecular weight is 254 g/mol. The van der Waals surface area contributed by atoms with Crippen LogP contribution in [0.1, 0.15) is 34.8 Å². The number of ketones is 1. The number of carbonyl (C=O) groups excluding carboxylic acids is 1. The van der Waals surface area contributed by atoms with Gasteiger partial charge >= 0.3 is 0 Å². The highest BCUT2D eigenvalue weighted by Crippen LogP contribution is 2.24. The third kappa shape index (κ3) is 3.22. The highest BCUT2D eigenvalue weighted by Gasteiger charge is 2.08. The van der Waals surface area contributed by atoms with E-state index in [0.29, 0.717) is 6.42 Å². The number of ether oxygens (including phenoxy) is 1. The number of aryl methyl sites for hydroxylation is 2. The molecule has 0 atom stereocenters. The van der Waals surface area contributed by atoms with Gasteiger partial charge in [0.25, 0.3) is 0 Å². The van der Waals surface area contributed by atoms with Gasteiger partial charge in [-0.25, -0.2) is 0 Å². The maximum Gasteiger partial charge on any atom is 0.162 e. The highest BCUT2D eigenvalue weighted by atomic mass is 16.5. The summed E-state index contributed by atoms with van der Waals surface area (Å²) in [6.07, 6.45) is 0.527. The van der Waals surface area contributed by atoms with Crippen molar-refractivity contribution in [3.8, 4) is 11.5 Å². The van der Waals surface area contributed by atoms with E-state index in [0.717, 1.165) is 22.6 Å². The molecular weight excluding hydrogens is 236 g/mol. The van der Waals surface area contributed by atoms with Gasteiger partial charge in [-0.3, -0.25) is 4.79 Å². The highest BCUT2D eigenvalue weighted by molar-refractivity contribution is 5.97. The fraction of sp³-hybridized carbons (Fsp3) is 0.235. The Morgan fingerprint density at radius 2 is 1.63 bits per heavy atom. The van der Waals surface area contributed by atoms with Crippen molar-refractivity contribution >= 4 is 5.78 Å². The van der Waals surface area contributed by atoms with Crippen LogP contribution < -0.4 is 4.74 Å². The lowest BCUT2D eigenvalue weighted by molar-refractivity contribution is 0.0987. The van der Waals surface area contributed by atoms with Crippen LogP contribution in [0, 0.1) is 13.8 Å². The molecule has 0 spiro atoms. The van der Waals surface area contributed by atoms with Crippen LogP contribution >= 0.6 is 0 Å². The Kier molecular flexibility index (Phi) is 4.00. The van der Waals surface area contributed by atoms with E-state index in [1.165, 1.54) is 5.56 Å². The molecule has 0 heterocycles. The summed E-state index contributed by atoms with van der Waals surface area (Å²) in [5.74, 6) is 1.73. The van der Waals surface area contributed by atoms with Crippen LogP contribution in [0.25, 0.3) is 0 Å². The van der Waals surface area contributed by atoms with Crippen molar-refractivity contribution in [1.82, 2.24) is 0 Å². The molecule has 0 aliphatic rings. The first-order valence-corrected chi connectivity index (χ1v) is 6.48. The molecule has 2 heteroatoms. The Balaban J connectivity index is 2.20. The molecule has 0 aliphatic carbocycles. The molecule has 2 nitrogen and oxygen atoms in total. The van der Waals surface area contributed by atoms with E-state index in [4.69, 9.17) is 4.74 Å². The van der Waals surface area contributed by atoms with Gasteiger partial charge < -0.3 is 4.74 Å². The third-order valence-corrected chi connectivity index (χ3v) is 3.08. The second-order valence-electron chi connectivity index (χ2n) is 4.67. The standard InChI is InChI=1S/C17H18O2/c1-4-17(18)16-10-9-15(11-13(16)3)19-14-7-5-12(2)6-8-14/h5-11H,4H2,1-3H3. The first-order valence-electron chi connectivity index (χ1n) is 6.48. The minimum absolute atomic E-state index is 0.166. The number of benzene rings is 2. The van der Waals surface area contributed by atoms with E-state index in [-0.39, 0.29) is 5.78 Å². The first kappa shape index (κ1) is 13.3. The monoisotopic (exact) mass is 254 g/mol. The van der Waals surface area contributed by atoms with E-state index >= 15 is 0 Å². The zero-order valence-corrected chi connectivity index (χ0v) is 11.6. The van der Waals surface area contributed by atoms with Gasteiger partial charge in [0.15, 0.2) is 5.78 Å². The predicted molar refractivity (Wildman–Crippen MR) is 77.1 cm³/mol. The summed E-state index contributed by atoms with van der Waals surface area (Å²) in [5, 5.41) is 0. The van der Waals surface area contributed by atoms with E-state index < -0.39 is 0 Å². The molecule has 2 rings (SSSR count). The van der Waals surface area contributed by atoms with Crippen molar-refractivity contribution in [2.75, 3.05) is 0 Å². The molecule has 0 aliphatic heterocycles.